The van der Waals surface area contributed by atoms with Gasteiger partial charge in [0.2, 0.25) is 0 Å². The summed E-state index contributed by atoms with van der Waals surface area (Å²) in [6.07, 6.45) is -0.519. The Bertz CT molecular complexity index is 465. The molecule has 0 bridgehead atoms. The van der Waals surface area contributed by atoms with Crippen molar-refractivity contribution in [3.05, 3.63) is 16.1 Å². The second kappa shape index (κ2) is 6.01. The minimum absolute atomic E-state index is 0.236. The molecule has 7 heteroatoms. The van der Waals surface area contributed by atoms with Gasteiger partial charge in [0.05, 0.1) is 13.2 Å². The van der Waals surface area contributed by atoms with Gasteiger partial charge in [0.15, 0.2) is 5.69 Å². The Morgan fingerprint density at radius 3 is 2.58 bits per heavy atom. The average Bonchev–Trinajstić information content (AvgIpc) is 2.74. The fourth-order valence-electron chi connectivity index (χ4n) is 1.23. The van der Waals surface area contributed by atoms with Gasteiger partial charge in [-0.3, -0.25) is 0 Å². The lowest BCUT2D eigenvalue weighted by molar-refractivity contribution is 0.0507. The number of hydrogen-bond donors (Lipinski definition) is 1. The summed E-state index contributed by atoms with van der Waals surface area (Å²) in [4.78, 5) is 27.0. The summed E-state index contributed by atoms with van der Waals surface area (Å²) in [5, 5.41) is 4.87. The molecule has 1 heterocycles. The van der Waals surface area contributed by atoms with E-state index in [2.05, 4.69) is 15.0 Å². The molecule has 0 aliphatic carbocycles. The van der Waals surface area contributed by atoms with Gasteiger partial charge in [-0.1, -0.05) is 0 Å². The molecular formula is C12H18N2O4S. The van der Waals surface area contributed by atoms with Gasteiger partial charge in [-0.2, -0.15) is 0 Å². The van der Waals surface area contributed by atoms with Gasteiger partial charge in [-0.05, 0) is 27.7 Å². The third-order valence-electron chi connectivity index (χ3n) is 2.02. The molecule has 0 aromatic carbocycles. The molecule has 106 valence electrons. The van der Waals surface area contributed by atoms with Gasteiger partial charge >= 0.3 is 12.1 Å². The van der Waals surface area contributed by atoms with Crippen LogP contribution in [0.5, 0.6) is 0 Å². The largest absolute Gasteiger partial charge is 0.464 e. The zero-order valence-corrected chi connectivity index (χ0v) is 12.5. The Balaban J connectivity index is 2.63. The van der Waals surface area contributed by atoms with Crippen LogP contribution < -0.4 is 5.32 Å². The van der Waals surface area contributed by atoms with Crippen molar-refractivity contribution >= 4 is 23.4 Å². The van der Waals surface area contributed by atoms with E-state index < -0.39 is 17.7 Å². The molecule has 6 nitrogen and oxygen atoms in total. The first kappa shape index (κ1) is 15.4. The highest BCUT2D eigenvalue weighted by Gasteiger charge is 2.20. The van der Waals surface area contributed by atoms with E-state index in [-0.39, 0.29) is 11.7 Å². The van der Waals surface area contributed by atoms with E-state index in [0.29, 0.717) is 5.01 Å². The van der Waals surface area contributed by atoms with E-state index in [1.807, 2.05) is 0 Å². The molecular weight excluding hydrogens is 268 g/mol. The number of aromatic nitrogens is 1. The highest BCUT2D eigenvalue weighted by molar-refractivity contribution is 7.09. The number of nitrogens with zero attached hydrogens (tertiary/aromatic N) is 1. The smallest absolute Gasteiger partial charge is 0.408 e. The maximum absolute atomic E-state index is 11.6. The number of esters is 1. The van der Waals surface area contributed by atoms with Crippen LogP contribution in [0.2, 0.25) is 0 Å². The van der Waals surface area contributed by atoms with E-state index in [1.165, 1.54) is 18.4 Å². The van der Waals surface area contributed by atoms with Crippen molar-refractivity contribution in [2.24, 2.45) is 0 Å². The average molecular weight is 286 g/mol. The molecule has 0 saturated heterocycles. The fourth-order valence-corrected chi connectivity index (χ4v) is 2.03. The Morgan fingerprint density at radius 2 is 2.05 bits per heavy atom. The second-order valence-electron chi connectivity index (χ2n) is 4.93. The molecule has 1 aromatic heterocycles. The number of carbonyl (C=O) groups excluding carboxylic acids is 2. The van der Waals surface area contributed by atoms with Crippen LogP contribution in [-0.2, 0) is 9.47 Å². The lowest BCUT2D eigenvalue weighted by Gasteiger charge is -2.21. The first-order valence-electron chi connectivity index (χ1n) is 5.76. The molecule has 1 amide bonds. The number of methoxy groups -OCH3 is 1. The molecule has 19 heavy (non-hydrogen) atoms. The van der Waals surface area contributed by atoms with E-state index in [4.69, 9.17) is 4.74 Å². The predicted molar refractivity (Wildman–Crippen MR) is 71.2 cm³/mol. The van der Waals surface area contributed by atoms with Gasteiger partial charge in [0, 0.05) is 5.38 Å². The Hall–Kier alpha value is -1.63. The van der Waals surface area contributed by atoms with E-state index in [1.54, 1.807) is 33.1 Å². The Morgan fingerprint density at radius 1 is 1.42 bits per heavy atom. The molecule has 0 saturated carbocycles. The van der Waals surface area contributed by atoms with Crippen molar-refractivity contribution in [3.8, 4) is 0 Å². The number of thiazole rings is 1. The van der Waals surface area contributed by atoms with Gasteiger partial charge < -0.3 is 14.8 Å². The zero-order chi connectivity index (χ0) is 14.6. The molecule has 0 fully saturated rings. The van der Waals surface area contributed by atoms with E-state index >= 15 is 0 Å². The van der Waals surface area contributed by atoms with Crippen LogP contribution in [0, 0.1) is 0 Å². The summed E-state index contributed by atoms with van der Waals surface area (Å²) in [6, 6.07) is -0.335. The molecule has 1 N–H and O–H groups in total. The maximum Gasteiger partial charge on any atom is 0.408 e. The van der Waals surface area contributed by atoms with Gasteiger partial charge in [-0.25, -0.2) is 14.6 Å². The van der Waals surface area contributed by atoms with Crippen LogP contribution >= 0.6 is 11.3 Å². The highest BCUT2D eigenvalue weighted by Crippen LogP contribution is 2.19. The minimum atomic E-state index is -0.552. The normalized spacial score (nSPS) is 12.7. The molecule has 0 unspecified atom stereocenters. The Labute approximate surface area is 116 Å². The number of rotatable bonds is 3. The van der Waals surface area contributed by atoms with Gasteiger partial charge in [0.1, 0.15) is 10.6 Å². The minimum Gasteiger partial charge on any atom is -0.464 e. The molecule has 1 atom stereocenters. The fraction of sp³-hybridized carbons (Fsp3) is 0.583. The Kier molecular flexibility index (Phi) is 4.88. The first-order chi connectivity index (χ1) is 8.73. The summed E-state index contributed by atoms with van der Waals surface area (Å²) in [6.45, 7) is 7.13. The van der Waals surface area contributed by atoms with Gasteiger partial charge in [0.25, 0.3) is 0 Å². The molecule has 0 aliphatic heterocycles. The summed E-state index contributed by atoms with van der Waals surface area (Å²) < 4.78 is 9.71. The third-order valence-corrected chi connectivity index (χ3v) is 3.05. The van der Waals surface area contributed by atoms with E-state index in [0.717, 1.165) is 0 Å². The van der Waals surface area contributed by atoms with Crippen molar-refractivity contribution in [1.29, 1.82) is 0 Å². The third kappa shape index (κ3) is 4.86. The van der Waals surface area contributed by atoms with Crippen molar-refractivity contribution in [1.82, 2.24) is 10.3 Å². The van der Waals surface area contributed by atoms with Crippen molar-refractivity contribution < 1.29 is 19.1 Å². The van der Waals surface area contributed by atoms with Crippen molar-refractivity contribution in [2.75, 3.05) is 7.11 Å². The molecule has 0 radical (unpaired) electrons. The number of carbonyl (C=O) groups is 2. The lowest BCUT2D eigenvalue weighted by Crippen LogP contribution is -2.34. The SMILES string of the molecule is COC(=O)c1csc([C@H](C)NC(=O)OC(C)(C)C)n1. The van der Waals surface area contributed by atoms with Crippen LogP contribution in [0.1, 0.15) is 49.2 Å². The highest BCUT2D eigenvalue weighted by atomic mass is 32.1. The number of amides is 1. The monoisotopic (exact) mass is 286 g/mol. The topological polar surface area (TPSA) is 77.5 Å². The predicted octanol–water partition coefficient (Wildman–Crippen LogP) is 2.52. The van der Waals surface area contributed by atoms with Crippen LogP contribution in [0.25, 0.3) is 0 Å². The van der Waals surface area contributed by atoms with Crippen molar-refractivity contribution in [3.63, 3.8) is 0 Å². The standard InChI is InChI=1S/C12H18N2O4S/c1-7(13-11(16)18-12(2,3)4)9-14-8(6-19-9)10(15)17-5/h6-7H,1-5H3,(H,13,16)/t7-/m0/s1. The number of ether oxygens (including phenoxy) is 2. The second-order valence-corrected chi connectivity index (χ2v) is 5.82. The summed E-state index contributed by atoms with van der Waals surface area (Å²) in [5.74, 6) is -0.494. The molecule has 0 aliphatic rings. The van der Waals surface area contributed by atoms with Crippen molar-refractivity contribution in [2.45, 2.75) is 39.3 Å². The molecule has 1 aromatic rings. The molecule has 1 rings (SSSR count). The van der Waals surface area contributed by atoms with Crippen LogP contribution in [0.3, 0.4) is 0 Å². The van der Waals surface area contributed by atoms with Crippen LogP contribution in [-0.4, -0.2) is 29.8 Å². The first-order valence-corrected chi connectivity index (χ1v) is 6.64. The van der Waals surface area contributed by atoms with Crippen LogP contribution in [0.15, 0.2) is 5.38 Å². The number of hydrogen-bond acceptors (Lipinski definition) is 6. The lowest BCUT2D eigenvalue weighted by atomic mass is 10.2. The van der Waals surface area contributed by atoms with Gasteiger partial charge in [-0.15, -0.1) is 11.3 Å². The maximum atomic E-state index is 11.6. The number of nitrogens with one attached hydrogen (secondary N) is 1. The summed E-state index contributed by atoms with van der Waals surface area (Å²) in [5.41, 5.74) is -0.315. The van der Waals surface area contributed by atoms with Crippen LogP contribution in [0.4, 0.5) is 4.79 Å². The summed E-state index contributed by atoms with van der Waals surface area (Å²) in [7, 11) is 1.30. The quantitative estimate of drug-likeness (QED) is 0.864. The number of alkyl carbamates (subject to hydrolysis) is 1. The molecule has 0 spiro atoms. The van der Waals surface area contributed by atoms with E-state index in [9.17, 15) is 9.59 Å². The summed E-state index contributed by atoms with van der Waals surface area (Å²) >= 11 is 1.28. The zero-order valence-electron chi connectivity index (χ0n) is 11.6.